The molecule has 0 N–H and O–H groups in total. The first-order chi connectivity index (χ1) is 16.4. The minimum Gasteiger partial charge on any atom is -0.342 e. The van der Waals surface area contributed by atoms with Gasteiger partial charge in [0.1, 0.15) is 0 Å². The zero-order chi connectivity index (χ0) is 23.8. The Labute approximate surface area is 205 Å². The topological polar surface area (TPSA) is 68.4 Å². The van der Waals surface area contributed by atoms with E-state index in [1.807, 2.05) is 72.3 Å². The maximum atomic E-state index is 13.3. The third-order valence-electron chi connectivity index (χ3n) is 5.69. The van der Waals surface area contributed by atoms with Crippen LogP contribution in [0.3, 0.4) is 0 Å². The summed E-state index contributed by atoms with van der Waals surface area (Å²) in [7, 11) is 0. The molecule has 0 bridgehead atoms. The number of nitrogens with zero attached hydrogens (tertiary/aromatic N) is 3. The summed E-state index contributed by atoms with van der Waals surface area (Å²) in [6.45, 7) is 2.32. The van der Waals surface area contributed by atoms with Crippen LogP contribution in [0.4, 0.5) is 11.4 Å². The van der Waals surface area contributed by atoms with E-state index < -0.39 is 0 Å². The van der Waals surface area contributed by atoms with E-state index in [0.717, 1.165) is 27.7 Å². The van der Waals surface area contributed by atoms with Crippen LogP contribution in [0, 0.1) is 17.0 Å². The molecule has 1 aliphatic heterocycles. The monoisotopic (exact) mass is 485 g/mol. The van der Waals surface area contributed by atoms with Crippen molar-refractivity contribution in [3.63, 3.8) is 0 Å². The summed E-state index contributed by atoms with van der Waals surface area (Å²) in [6.07, 6.45) is 3.79. The fraction of sp³-hybridized carbons (Fsp3) is 0.0769. The highest BCUT2D eigenvalue weighted by molar-refractivity contribution is 8.27. The van der Waals surface area contributed by atoms with E-state index in [9.17, 15) is 14.9 Å². The van der Waals surface area contributed by atoms with Gasteiger partial charge in [0.05, 0.1) is 22.1 Å². The van der Waals surface area contributed by atoms with Gasteiger partial charge >= 0.3 is 0 Å². The van der Waals surface area contributed by atoms with Gasteiger partial charge in [0.25, 0.3) is 11.6 Å². The van der Waals surface area contributed by atoms with E-state index in [2.05, 4.69) is 0 Å². The molecule has 6 nitrogen and oxygen atoms in total. The normalized spacial score (nSPS) is 15.0. The van der Waals surface area contributed by atoms with E-state index >= 15 is 0 Å². The number of carbonyl (C=O) groups is 1. The molecule has 8 heteroatoms. The molecule has 0 unspecified atom stereocenters. The second kappa shape index (κ2) is 8.89. The molecule has 168 valence electrons. The van der Waals surface area contributed by atoms with Crippen LogP contribution in [-0.4, -0.2) is 19.7 Å². The third kappa shape index (κ3) is 4.02. The Balaban J connectivity index is 1.54. The number of amides is 1. The van der Waals surface area contributed by atoms with Crippen LogP contribution in [0.15, 0.2) is 83.9 Å². The predicted molar refractivity (Wildman–Crippen MR) is 141 cm³/mol. The van der Waals surface area contributed by atoms with Crippen molar-refractivity contribution >= 4 is 62.6 Å². The van der Waals surface area contributed by atoms with Gasteiger partial charge in [0.15, 0.2) is 4.32 Å². The van der Waals surface area contributed by atoms with Gasteiger partial charge in [-0.25, -0.2) is 0 Å². The molecule has 34 heavy (non-hydrogen) atoms. The summed E-state index contributed by atoms with van der Waals surface area (Å²) < 4.78 is 2.47. The first-order valence-electron chi connectivity index (χ1n) is 10.6. The number of para-hydroxylation sites is 2. The van der Waals surface area contributed by atoms with Crippen LogP contribution in [0.2, 0.25) is 0 Å². The summed E-state index contributed by atoms with van der Waals surface area (Å²) in [5.41, 5.74) is 4.30. The SMILES string of the molecule is Cc1cccc(N2C(=O)/C(=C/c3cn(Cc4ccccc4[N+](=O)[O-])c4ccccc34)SC2=S)c1. The number of aromatic nitrogens is 1. The van der Waals surface area contributed by atoms with Gasteiger partial charge in [-0.1, -0.05) is 72.5 Å². The molecule has 1 saturated heterocycles. The summed E-state index contributed by atoms with van der Waals surface area (Å²) in [4.78, 5) is 26.5. The van der Waals surface area contributed by atoms with Crippen molar-refractivity contribution in [2.24, 2.45) is 0 Å². The zero-order valence-electron chi connectivity index (χ0n) is 18.2. The highest BCUT2D eigenvalue weighted by atomic mass is 32.2. The molecule has 4 aromatic rings. The van der Waals surface area contributed by atoms with Gasteiger partial charge in [-0.2, -0.15) is 0 Å². The van der Waals surface area contributed by atoms with Crippen LogP contribution in [0.1, 0.15) is 16.7 Å². The van der Waals surface area contributed by atoms with Gasteiger partial charge in [-0.3, -0.25) is 19.8 Å². The van der Waals surface area contributed by atoms with Crippen LogP contribution in [0.5, 0.6) is 0 Å². The average Bonchev–Trinajstić information content (AvgIpc) is 3.30. The molecule has 5 rings (SSSR count). The smallest absolute Gasteiger partial charge is 0.274 e. The van der Waals surface area contributed by atoms with E-state index in [0.29, 0.717) is 21.3 Å². The quantitative estimate of drug-likeness (QED) is 0.143. The number of rotatable bonds is 5. The van der Waals surface area contributed by atoms with Crippen molar-refractivity contribution in [2.75, 3.05) is 4.90 Å². The molecule has 0 aliphatic carbocycles. The number of nitro benzene ring substituents is 1. The highest BCUT2D eigenvalue weighted by Crippen LogP contribution is 2.37. The lowest BCUT2D eigenvalue weighted by Gasteiger charge is -2.14. The molecule has 1 aromatic heterocycles. The highest BCUT2D eigenvalue weighted by Gasteiger charge is 2.33. The van der Waals surface area contributed by atoms with Crippen molar-refractivity contribution < 1.29 is 9.72 Å². The summed E-state index contributed by atoms with van der Waals surface area (Å²) in [6, 6.07) is 22.3. The maximum Gasteiger partial charge on any atom is 0.274 e. The largest absolute Gasteiger partial charge is 0.342 e. The lowest BCUT2D eigenvalue weighted by Crippen LogP contribution is -2.27. The summed E-state index contributed by atoms with van der Waals surface area (Å²) in [5.74, 6) is -0.156. The number of aryl methyl sites for hydroxylation is 1. The number of hydrogen-bond acceptors (Lipinski definition) is 5. The molecular weight excluding hydrogens is 466 g/mol. The van der Waals surface area contributed by atoms with E-state index in [-0.39, 0.29) is 16.5 Å². The third-order valence-corrected chi connectivity index (χ3v) is 6.99. The fourth-order valence-electron chi connectivity index (χ4n) is 4.13. The Morgan fingerprint density at radius 2 is 1.82 bits per heavy atom. The second-order valence-electron chi connectivity index (χ2n) is 7.97. The minimum absolute atomic E-state index is 0.0841. The first-order valence-corrected chi connectivity index (χ1v) is 11.8. The number of carbonyl (C=O) groups excluding carboxylic acids is 1. The predicted octanol–water partition coefficient (Wildman–Crippen LogP) is 6.31. The molecule has 1 fully saturated rings. The number of fused-ring (bicyclic) bond motifs is 1. The van der Waals surface area contributed by atoms with Gasteiger partial charge in [-0.15, -0.1) is 0 Å². The van der Waals surface area contributed by atoms with E-state index in [4.69, 9.17) is 12.2 Å². The maximum absolute atomic E-state index is 13.3. The van der Waals surface area contributed by atoms with Gasteiger partial charge in [0, 0.05) is 34.3 Å². The van der Waals surface area contributed by atoms with E-state index in [1.54, 1.807) is 23.1 Å². The zero-order valence-corrected chi connectivity index (χ0v) is 19.8. The Hall–Kier alpha value is -3.75. The molecule has 0 spiro atoms. The van der Waals surface area contributed by atoms with Crippen LogP contribution >= 0.6 is 24.0 Å². The van der Waals surface area contributed by atoms with Gasteiger partial charge < -0.3 is 4.57 Å². The lowest BCUT2D eigenvalue weighted by atomic mass is 10.1. The minimum atomic E-state index is -0.363. The summed E-state index contributed by atoms with van der Waals surface area (Å²) >= 11 is 6.80. The second-order valence-corrected chi connectivity index (χ2v) is 9.65. The molecule has 0 saturated carbocycles. The Morgan fingerprint density at radius 1 is 1.06 bits per heavy atom. The Morgan fingerprint density at radius 3 is 2.62 bits per heavy atom. The number of thioether (sulfide) groups is 1. The number of nitro groups is 1. The van der Waals surface area contributed by atoms with Crippen LogP contribution in [0.25, 0.3) is 17.0 Å². The van der Waals surface area contributed by atoms with Crippen LogP contribution in [-0.2, 0) is 11.3 Å². The van der Waals surface area contributed by atoms with Crippen molar-refractivity contribution in [2.45, 2.75) is 13.5 Å². The number of anilines is 1. The Bertz CT molecular complexity index is 1510. The van der Waals surface area contributed by atoms with Crippen molar-refractivity contribution in [1.82, 2.24) is 4.57 Å². The van der Waals surface area contributed by atoms with Crippen molar-refractivity contribution in [1.29, 1.82) is 0 Å². The van der Waals surface area contributed by atoms with E-state index in [1.165, 1.54) is 17.8 Å². The standard InChI is InChI=1S/C26H19N3O3S2/c1-17-7-6-9-20(13-17)28-25(30)24(34-26(28)33)14-19-16-27(23-12-5-3-10-21(19)23)15-18-8-2-4-11-22(18)29(31)32/h2-14,16H,15H2,1H3/b24-14-. The lowest BCUT2D eigenvalue weighted by molar-refractivity contribution is -0.385. The molecule has 0 atom stereocenters. The van der Waals surface area contributed by atoms with Crippen LogP contribution < -0.4 is 4.90 Å². The number of benzene rings is 3. The molecular formula is C26H19N3O3S2. The Kier molecular flexibility index (Phi) is 5.77. The number of hydrogen-bond donors (Lipinski definition) is 0. The first kappa shape index (κ1) is 22.1. The van der Waals surface area contributed by atoms with Gasteiger partial charge in [-0.05, 0) is 36.8 Å². The number of thiocarbonyl (C=S) groups is 1. The molecule has 1 amide bonds. The molecule has 1 aliphatic rings. The van der Waals surface area contributed by atoms with Gasteiger partial charge in [0.2, 0.25) is 0 Å². The van der Waals surface area contributed by atoms with Crippen molar-refractivity contribution in [3.8, 4) is 0 Å². The molecule has 3 aromatic carbocycles. The van der Waals surface area contributed by atoms with Crippen molar-refractivity contribution in [3.05, 3.63) is 111 Å². The summed E-state index contributed by atoms with van der Waals surface area (Å²) in [5, 5.41) is 12.4. The fourth-order valence-corrected chi connectivity index (χ4v) is 5.42. The average molecular weight is 486 g/mol. The molecule has 0 radical (unpaired) electrons. The molecule has 2 heterocycles.